The molecule has 2 aromatic rings. The number of anilines is 1. The highest BCUT2D eigenvalue weighted by Gasteiger charge is 2.13. The van der Waals surface area contributed by atoms with Crippen LogP contribution >= 0.6 is 23.2 Å². The summed E-state index contributed by atoms with van der Waals surface area (Å²) in [6.45, 7) is 6.65. The van der Waals surface area contributed by atoms with Crippen molar-refractivity contribution in [3.63, 3.8) is 0 Å². The van der Waals surface area contributed by atoms with E-state index in [0.717, 1.165) is 5.56 Å². The summed E-state index contributed by atoms with van der Waals surface area (Å²) >= 11 is 12.3. The van der Waals surface area contributed by atoms with Gasteiger partial charge in [-0.25, -0.2) is 4.79 Å². The first-order valence-corrected chi connectivity index (χ1v) is 8.96. The van der Waals surface area contributed by atoms with Crippen molar-refractivity contribution in [1.29, 1.82) is 0 Å². The zero-order valence-corrected chi connectivity index (χ0v) is 16.3. The molecule has 0 amide bonds. The van der Waals surface area contributed by atoms with Crippen molar-refractivity contribution in [2.24, 2.45) is 0 Å². The molecule has 7 heteroatoms. The molecule has 0 bridgehead atoms. The Morgan fingerprint density at radius 2 is 1.88 bits per heavy atom. The van der Waals surface area contributed by atoms with E-state index in [9.17, 15) is 4.79 Å². The van der Waals surface area contributed by atoms with Gasteiger partial charge in [0, 0.05) is 23.3 Å². The van der Waals surface area contributed by atoms with Gasteiger partial charge in [-0.05, 0) is 50.6 Å². The Morgan fingerprint density at radius 3 is 2.50 bits per heavy atom. The Morgan fingerprint density at radius 1 is 1.15 bits per heavy atom. The molecular weight excluding hydrogens is 377 g/mol. The maximum atomic E-state index is 11.2. The number of hydrogen-bond donors (Lipinski definition) is 2. The predicted octanol–water partition coefficient (Wildman–Crippen LogP) is 5.49. The third-order valence-corrected chi connectivity index (χ3v) is 4.14. The third-order valence-electron chi connectivity index (χ3n) is 3.45. The van der Waals surface area contributed by atoms with E-state index in [2.05, 4.69) is 5.32 Å². The minimum Gasteiger partial charge on any atom is -0.490 e. The van der Waals surface area contributed by atoms with Crippen molar-refractivity contribution in [3.8, 4) is 11.5 Å². The molecule has 2 N–H and O–H groups in total. The second-order valence-corrected chi connectivity index (χ2v) is 6.66. The van der Waals surface area contributed by atoms with Crippen LogP contribution in [0.2, 0.25) is 10.0 Å². The minimum absolute atomic E-state index is 0.00208. The Bertz CT molecular complexity index is 793. The molecule has 0 spiro atoms. The van der Waals surface area contributed by atoms with Crippen molar-refractivity contribution in [3.05, 3.63) is 51.5 Å². The van der Waals surface area contributed by atoms with Gasteiger partial charge < -0.3 is 19.9 Å². The van der Waals surface area contributed by atoms with Gasteiger partial charge in [0.15, 0.2) is 11.5 Å². The number of aromatic carboxylic acids is 1. The van der Waals surface area contributed by atoms with E-state index in [4.69, 9.17) is 37.8 Å². The zero-order chi connectivity index (χ0) is 19.3. The maximum Gasteiger partial charge on any atom is 0.337 e. The van der Waals surface area contributed by atoms with Crippen LogP contribution in [0.3, 0.4) is 0 Å². The van der Waals surface area contributed by atoms with Crippen LogP contribution in [0.15, 0.2) is 30.3 Å². The zero-order valence-electron chi connectivity index (χ0n) is 14.8. The fourth-order valence-corrected chi connectivity index (χ4v) is 2.74. The van der Waals surface area contributed by atoms with Gasteiger partial charge in [-0.3, -0.25) is 0 Å². The first-order valence-electron chi connectivity index (χ1n) is 8.20. The van der Waals surface area contributed by atoms with Crippen molar-refractivity contribution >= 4 is 34.9 Å². The van der Waals surface area contributed by atoms with E-state index in [1.54, 1.807) is 18.2 Å². The summed E-state index contributed by atoms with van der Waals surface area (Å²) < 4.78 is 11.4. The van der Waals surface area contributed by atoms with Gasteiger partial charge in [-0.15, -0.1) is 0 Å². The van der Waals surface area contributed by atoms with E-state index >= 15 is 0 Å². The van der Waals surface area contributed by atoms with Gasteiger partial charge in [0.1, 0.15) is 0 Å². The molecule has 0 saturated carbocycles. The number of carbonyl (C=O) groups is 1. The normalized spacial score (nSPS) is 10.7. The van der Waals surface area contributed by atoms with Crippen molar-refractivity contribution in [2.75, 3.05) is 11.9 Å². The molecule has 0 radical (unpaired) electrons. The molecule has 5 nitrogen and oxygen atoms in total. The summed E-state index contributed by atoms with van der Waals surface area (Å²) in [5.74, 6) is 0.130. The molecule has 2 rings (SSSR count). The first-order chi connectivity index (χ1) is 12.3. The van der Waals surface area contributed by atoms with E-state index in [0.29, 0.717) is 35.4 Å². The lowest BCUT2D eigenvalue weighted by molar-refractivity contribution is 0.0697. The Hall–Kier alpha value is -2.11. The average molecular weight is 398 g/mol. The molecule has 0 heterocycles. The van der Waals surface area contributed by atoms with Gasteiger partial charge in [0.05, 0.1) is 23.3 Å². The second-order valence-electron chi connectivity index (χ2n) is 5.84. The highest BCUT2D eigenvalue weighted by atomic mass is 35.5. The molecule has 0 saturated heterocycles. The van der Waals surface area contributed by atoms with Gasteiger partial charge in [-0.1, -0.05) is 23.2 Å². The first kappa shape index (κ1) is 20.2. The quantitative estimate of drug-likeness (QED) is 0.616. The summed E-state index contributed by atoms with van der Waals surface area (Å²) in [4.78, 5) is 11.2. The Kier molecular flexibility index (Phi) is 7.00. The summed E-state index contributed by atoms with van der Waals surface area (Å²) in [5, 5.41) is 13.0. The predicted molar refractivity (Wildman–Crippen MR) is 104 cm³/mol. The summed E-state index contributed by atoms with van der Waals surface area (Å²) in [5.41, 5.74) is 1.47. The fourth-order valence-electron chi connectivity index (χ4n) is 2.32. The number of halogens is 2. The van der Waals surface area contributed by atoms with Crippen LogP contribution in [0.4, 0.5) is 5.69 Å². The number of nitrogens with one attached hydrogen (secondary N) is 1. The number of carboxylic acid groups (broad SMARTS) is 1. The van der Waals surface area contributed by atoms with Crippen LogP contribution in [0.1, 0.15) is 36.7 Å². The molecular formula is C19H21Cl2NO4. The monoisotopic (exact) mass is 397 g/mol. The molecule has 0 aromatic heterocycles. The summed E-state index contributed by atoms with van der Waals surface area (Å²) in [7, 11) is 0. The van der Waals surface area contributed by atoms with Gasteiger partial charge in [0.25, 0.3) is 0 Å². The molecule has 0 aliphatic rings. The number of carboxylic acids is 1. The number of hydrogen-bond acceptors (Lipinski definition) is 4. The van der Waals surface area contributed by atoms with Crippen LogP contribution < -0.4 is 14.8 Å². The molecule has 0 atom stereocenters. The molecule has 0 unspecified atom stereocenters. The Labute approximate surface area is 162 Å². The molecule has 26 heavy (non-hydrogen) atoms. The van der Waals surface area contributed by atoms with E-state index < -0.39 is 5.97 Å². The van der Waals surface area contributed by atoms with Crippen LogP contribution in [-0.2, 0) is 6.54 Å². The standard InChI is InChI=1S/C19H21Cl2NO4/c1-4-25-17-7-12(16(21)9-18(17)26-11(2)3)10-22-13-5-6-15(20)14(8-13)19(23)24/h5-9,11,22H,4,10H2,1-3H3,(H,23,24). The fraction of sp³-hybridized carbons (Fsp3) is 0.316. The second kappa shape index (κ2) is 9.01. The third kappa shape index (κ3) is 5.19. The number of ether oxygens (including phenoxy) is 2. The van der Waals surface area contributed by atoms with Crippen LogP contribution in [0.5, 0.6) is 11.5 Å². The van der Waals surface area contributed by atoms with Crippen molar-refractivity contribution in [2.45, 2.75) is 33.4 Å². The Balaban J connectivity index is 2.22. The van der Waals surface area contributed by atoms with Crippen LogP contribution in [0, 0.1) is 0 Å². The highest BCUT2D eigenvalue weighted by molar-refractivity contribution is 6.33. The average Bonchev–Trinajstić information content (AvgIpc) is 2.56. The van der Waals surface area contributed by atoms with Gasteiger partial charge in [-0.2, -0.15) is 0 Å². The summed E-state index contributed by atoms with van der Waals surface area (Å²) in [6.07, 6.45) is -0.00208. The van der Waals surface area contributed by atoms with Gasteiger partial charge >= 0.3 is 5.97 Å². The number of rotatable bonds is 8. The van der Waals surface area contributed by atoms with Crippen LogP contribution in [0.25, 0.3) is 0 Å². The molecule has 2 aromatic carbocycles. The lowest BCUT2D eigenvalue weighted by atomic mass is 10.1. The molecule has 0 aliphatic heterocycles. The van der Waals surface area contributed by atoms with Crippen molar-refractivity contribution < 1.29 is 19.4 Å². The maximum absolute atomic E-state index is 11.2. The molecule has 0 fully saturated rings. The lowest BCUT2D eigenvalue weighted by Crippen LogP contribution is -2.09. The molecule has 140 valence electrons. The van der Waals surface area contributed by atoms with Crippen molar-refractivity contribution in [1.82, 2.24) is 0 Å². The van der Waals surface area contributed by atoms with E-state index in [-0.39, 0.29) is 16.7 Å². The topological polar surface area (TPSA) is 67.8 Å². The lowest BCUT2D eigenvalue weighted by Gasteiger charge is -2.17. The SMILES string of the molecule is CCOc1cc(CNc2ccc(Cl)c(C(=O)O)c2)c(Cl)cc1OC(C)C. The highest BCUT2D eigenvalue weighted by Crippen LogP contribution is 2.35. The van der Waals surface area contributed by atoms with Gasteiger partial charge in [0.2, 0.25) is 0 Å². The van der Waals surface area contributed by atoms with E-state index in [1.807, 2.05) is 26.8 Å². The van der Waals surface area contributed by atoms with E-state index in [1.165, 1.54) is 6.07 Å². The molecule has 0 aliphatic carbocycles. The smallest absolute Gasteiger partial charge is 0.337 e. The number of benzene rings is 2. The van der Waals surface area contributed by atoms with Crippen LogP contribution in [-0.4, -0.2) is 23.8 Å². The largest absolute Gasteiger partial charge is 0.490 e. The minimum atomic E-state index is -1.08. The summed E-state index contributed by atoms with van der Waals surface area (Å²) in [6, 6.07) is 8.29.